The summed E-state index contributed by atoms with van der Waals surface area (Å²) in [5.74, 6) is 0.448. The molecule has 0 aliphatic carbocycles. The minimum Gasteiger partial charge on any atom is -0.497 e. The highest BCUT2D eigenvalue weighted by atomic mass is 16.5. The molecular weight excluding hydrogens is 370 g/mol. The van der Waals surface area contributed by atoms with Crippen molar-refractivity contribution in [2.45, 2.75) is 6.42 Å². The minimum absolute atomic E-state index is 0.254. The van der Waals surface area contributed by atoms with Gasteiger partial charge in [-0.25, -0.2) is 0 Å². The molecule has 1 N–H and O–H groups in total. The van der Waals surface area contributed by atoms with Crippen LogP contribution in [-0.4, -0.2) is 61.9 Å². The third kappa shape index (κ3) is 6.04. The molecular formula is C22H27N3O4. The Morgan fingerprint density at radius 2 is 1.93 bits per heavy atom. The molecule has 154 valence electrons. The van der Waals surface area contributed by atoms with Crippen LogP contribution < -0.4 is 15.6 Å². The van der Waals surface area contributed by atoms with Gasteiger partial charge in [0.25, 0.3) is 11.5 Å². The van der Waals surface area contributed by atoms with Crippen LogP contribution in [0.2, 0.25) is 0 Å². The smallest absolute Gasteiger partial charge is 0.268 e. The van der Waals surface area contributed by atoms with Gasteiger partial charge in [0.15, 0.2) is 0 Å². The van der Waals surface area contributed by atoms with Gasteiger partial charge in [-0.15, -0.1) is 0 Å². The second-order valence-electron chi connectivity index (χ2n) is 6.78. The molecule has 2 aromatic rings. The molecule has 1 aromatic heterocycles. The van der Waals surface area contributed by atoms with E-state index in [1.54, 1.807) is 31.5 Å². The first kappa shape index (κ1) is 20.8. The van der Waals surface area contributed by atoms with Crippen molar-refractivity contribution >= 4 is 17.7 Å². The number of amides is 1. The van der Waals surface area contributed by atoms with Crippen molar-refractivity contribution in [2.75, 3.05) is 46.5 Å². The Hall–Kier alpha value is -2.90. The van der Waals surface area contributed by atoms with Crippen molar-refractivity contribution in [1.29, 1.82) is 0 Å². The van der Waals surface area contributed by atoms with Crippen LogP contribution in [0.1, 0.15) is 12.0 Å². The zero-order valence-corrected chi connectivity index (χ0v) is 16.7. The van der Waals surface area contributed by atoms with E-state index in [-0.39, 0.29) is 17.2 Å². The quantitative estimate of drug-likeness (QED) is 0.542. The molecule has 0 spiro atoms. The molecule has 0 unspecified atom stereocenters. The number of carbonyl (C=O) groups is 1. The van der Waals surface area contributed by atoms with Gasteiger partial charge in [-0.2, -0.15) is 0 Å². The third-order valence-corrected chi connectivity index (χ3v) is 4.77. The maximum absolute atomic E-state index is 12.9. The van der Waals surface area contributed by atoms with Gasteiger partial charge in [-0.3, -0.25) is 19.1 Å². The highest BCUT2D eigenvalue weighted by Crippen LogP contribution is 2.15. The Morgan fingerprint density at radius 3 is 2.62 bits per heavy atom. The number of nitrogens with zero attached hydrogens (tertiary/aromatic N) is 2. The maximum atomic E-state index is 12.9. The molecule has 1 aliphatic rings. The fourth-order valence-electron chi connectivity index (χ4n) is 3.15. The number of methoxy groups -OCH3 is 1. The van der Waals surface area contributed by atoms with E-state index in [0.717, 1.165) is 50.6 Å². The summed E-state index contributed by atoms with van der Waals surface area (Å²) in [6.45, 7) is 4.83. The highest BCUT2D eigenvalue weighted by molar-refractivity contribution is 6.18. The van der Waals surface area contributed by atoms with Crippen molar-refractivity contribution < 1.29 is 14.3 Å². The number of aromatic nitrogens is 1. The van der Waals surface area contributed by atoms with Crippen molar-refractivity contribution in [3.8, 4) is 5.75 Å². The number of pyridine rings is 1. The number of carbonyl (C=O) groups excluding carboxylic acids is 1. The van der Waals surface area contributed by atoms with E-state index < -0.39 is 0 Å². The number of morpholine rings is 1. The molecule has 1 fully saturated rings. The molecule has 3 rings (SSSR count). The van der Waals surface area contributed by atoms with Gasteiger partial charge in [-0.05, 0) is 42.8 Å². The fraction of sp³-hybridized carbons (Fsp3) is 0.364. The average Bonchev–Trinajstić information content (AvgIpc) is 2.76. The summed E-state index contributed by atoms with van der Waals surface area (Å²) in [7, 11) is 1.60. The van der Waals surface area contributed by atoms with Crippen molar-refractivity contribution in [3.05, 3.63) is 64.6 Å². The Bertz CT molecular complexity index is 883. The van der Waals surface area contributed by atoms with Crippen molar-refractivity contribution in [2.24, 2.45) is 0 Å². The van der Waals surface area contributed by atoms with Gasteiger partial charge in [0.1, 0.15) is 11.4 Å². The van der Waals surface area contributed by atoms with Crippen LogP contribution >= 0.6 is 0 Å². The van der Waals surface area contributed by atoms with E-state index in [0.29, 0.717) is 6.54 Å². The first-order chi connectivity index (χ1) is 14.2. The standard InChI is InChI=1S/C22H27N3O4/c1-28-19-8-6-18(7-9-19)17-20(25-12-3-2-5-21(25)26)22(27)23-10-4-11-24-13-15-29-16-14-24/h2-3,5-9,12,17H,4,10-11,13-16H2,1H3,(H,23,27)/b20-17+. The monoisotopic (exact) mass is 397 g/mol. The molecule has 7 heteroatoms. The number of rotatable bonds is 8. The SMILES string of the molecule is COc1ccc(/C=C(\C(=O)NCCCN2CCOCC2)n2ccccc2=O)cc1. The topological polar surface area (TPSA) is 72.8 Å². The summed E-state index contributed by atoms with van der Waals surface area (Å²) in [6, 6.07) is 12.2. The van der Waals surface area contributed by atoms with Crippen LogP contribution in [0.4, 0.5) is 0 Å². The molecule has 1 amide bonds. The van der Waals surface area contributed by atoms with Crippen LogP contribution in [0.15, 0.2) is 53.5 Å². The van der Waals surface area contributed by atoms with E-state index in [1.165, 1.54) is 10.6 Å². The molecule has 1 saturated heterocycles. The number of benzene rings is 1. The summed E-state index contributed by atoms with van der Waals surface area (Å²) < 4.78 is 11.9. The van der Waals surface area contributed by atoms with E-state index in [4.69, 9.17) is 9.47 Å². The number of hydrogen-bond donors (Lipinski definition) is 1. The normalized spacial score (nSPS) is 15.1. The molecule has 1 aromatic carbocycles. The van der Waals surface area contributed by atoms with Crippen LogP contribution in [0, 0.1) is 0 Å². The molecule has 2 heterocycles. The number of ether oxygens (including phenoxy) is 2. The highest BCUT2D eigenvalue weighted by Gasteiger charge is 2.14. The molecule has 7 nitrogen and oxygen atoms in total. The van der Waals surface area contributed by atoms with Crippen molar-refractivity contribution in [1.82, 2.24) is 14.8 Å². The lowest BCUT2D eigenvalue weighted by atomic mass is 10.1. The Balaban J connectivity index is 1.70. The van der Waals surface area contributed by atoms with Gasteiger partial charge in [0.05, 0.1) is 20.3 Å². The van der Waals surface area contributed by atoms with Crippen LogP contribution in [0.3, 0.4) is 0 Å². The first-order valence-corrected chi connectivity index (χ1v) is 9.79. The van der Waals surface area contributed by atoms with Gasteiger partial charge >= 0.3 is 0 Å². The molecule has 29 heavy (non-hydrogen) atoms. The van der Waals surface area contributed by atoms with E-state index >= 15 is 0 Å². The minimum atomic E-state index is -0.281. The lowest BCUT2D eigenvalue weighted by Gasteiger charge is -2.26. The zero-order chi connectivity index (χ0) is 20.5. The second kappa shape index (κ2) is 10.6. The van der Waals surface area contributed by atoms with Crippen LogP contribution in [0.25, 0.3) is 11.8 Å². The fourth-order valence-corrected chi connectivity index (χ4v) is 3.15. The van der Waals surface area contributed by atoms with E-state index in [2.05, 4.69) is 10.2 Å². The predicted octanol–water partition coefficient (Wildman–Crippen LogP) is 1.69. The molecule has 0 radical (unpaired) electrons. The Kier molecular flexibility index (Phi) is 7.61. The molecule has 0 saturated carbocycles. The number of nitrogens with one attached hydrogen (secondary N) is 1. The first-order valence-electron chi connectivity index (χ1n) is 9.79. The van der Waals surface area contributed by atoms with Crippen LogP contribution in [0.5, 0.6) is 5.75 Å². The lowest BCUT2D eigenvalue weighted by Crippen LogP contribution is -2.38. The predicted molar refractivity (Wildman–Crippen MR) is 113 cm³/mol. The summed E-state index contributed by atoms with van der Waals surface area (Å²) in [5.41, 5.74) is 0.836. The summed E-state index contributed by atoms with van der Waals surface area (Å²) >= 11 is 0. The average molecular weight is 397 g/mol. The summed E-state index contributed by atoms with van der Waals surface area (Å²) in [6.07, 6.45) is 4.15. The lowest BCUT2D eigenvalue weighted by molar-refractivity contribution is -0.116. The van der Waals surface area contributed by atoms with E-state index in [1.807, 2.05) is 24.3 Å². The third-order valence-electron chi connectivity index (χ3n) is 4.77. The zero-order valence-electron chi connectivity index (χ0n) is 16.7. The Labute approximate surface area is 170 Å². The van der Waals surface area contributed by atoms with Gasteiger partial charge < -0.3 is 14.8 Å². The van der Waals surface area contributed by atoms with E-state index in [9.17, 15) is 9.59 Å². The molecule has 1 aliphatic heterocycles. The Morgan fingerprint density at radius 1 is 1.17 bits per heavy atom. The van der Waals surface area contributed by atoms with Gasteiger partial charge in [0, 0.05) is 31.9 Å². The van der Waals surface area contributed by atoms with Gasteiger partial charge in [-0.1, -0.05) is 18.2 Å². The summed E-state index contributed by atoms with van der Waals surface area (Å²) in [4.78, 5) is 27.5. The largest absolute Gasteiger partial charge is 0.497 e. The molecule has 0 bridgehead atoms. The maximum Gasteiger partial charge on any atom is 0.268 e. The van der Waals surface area contributed by atoms with Gasteiger partial charge in [0.2, 0.25) is 0 Å². The van der Waals surface area contributed by atoms with Crippen LogP contribution in [-0.2, 0) is 9.53 Å². The van der Waals surface area contributed by atoms with Crippen molar-refractivity contribution in [3.63, 3.8) is 0 Å². The second-order valence-corrected chi connectivity index (χ2v) is 6.78. The summed E-state index contributed by atoms with van der Waals surface area (Å²) in [5, 5.41) is 2.94. The molecule has 0 atom stereocenters. The number of hydrogen-bond acceptors (Lipinski definition) is 5.